The normalized spacial score (nSPS) is 18.8. The molecule has 1 aliphatic heterocycles. The topological polar surface area (TPSA) is 60.6 Å². The number of carbonyl (C=O) groups is 1. The number of ether oxygens (including phenoxy) is 1. The van der Waals surface area contributed by atoms with Crippen molar-refractivity contribution in [3.05, 3.63) is 18.0 Å². The van der Waals surface area contributed by atoms with Gasteiger partial charge < -0.3 is 19.0 Å². The first-order valence-electron chi connectivity index (χ1n) is 5.08. The lowest BCUT2D eigenvalue weighted by atomic mass is 9.81. The first-order chi connectivity index (χ1) is 7.52. The van der Waals surface area contributed by atoms with Crippen molar-refractivity contribution in [1.29, 1.82) is 0 Å². The van der Waals surface area contributed by atoms with Gasteiger partial charge in [-0.3, -0.25) is 0 Å². The first-order valence-corrected chi connectivity index (χ1v) is 5.08. The summed E-state index contributed by atoms with van der Waals surface area (Å²) in [5.74, 6) is -0.400. The summed E-state index contributed by atoms with van der Waals surface area (Å²) in [5.41, 5.74) is 0.910. The van der Waals surface area contributed by atoms with Gasteiger partial charge in [-0.25, -0.2) is 4.79 Å². The Bertz CT molecular complexity index is 401. The highest BCUT2D eigenvalue weighted by atomic mass is 16.7. The molecule has 0 amide bonds. The molecule has 1 aliphatic rings. The third kappa shape index (κ3) is 2.12. The summed E-state index contributed by atoms with van der Waals surface area (Å²) in [6.45, 7) is 4.46. The molecule has 86 valence electrons. The molecule has 0 bridgehead atoms. The summed E-state index contributed by atoms with van der Waals surface area (Å²) in [6, 6.07) is 1.68. The van der Waals surface area contributed by atoms with Crippen LogP contribution in [0.1, 0.15) is 24.3 Å². The van der Waals surface area contributed by atoms with E-state index in [-0.39, 0.29) is 5.60 Å². The van der Waals surface area contributed by atoms with Crippen LogP contribution in [0.25, 0.3) is 0 Å². The van der Waals surface area contributed by atoms with Gasteiger partial charge in [-0.2, -0.15) is 0 Å². The maximum absolute atomic E-state index is 11.2. The molecule has 0 atom stereocenters. The Morgan fingerprint density at radius 3 is 2.94 bits per heavy atom. The molecule has 6 heteroatoms. The number of methoxy groups -OCH3 is 1. The largest absolute Gasteiger partial charge is 0.496 e. The Morgan fingerprint density at radius 1 is 1.62 bits per heavy atom. The Morgan fingerprint density at radius 2 is 2.38 bits per heavy atom. The van der Waals surface area contributed by atoms with E-state index in [1.54, 1.807) is 12.3 Å². The number of aromatic amines is 1. The number of esters is 1. The first kappa shape index (κ1) is 11.2. The van der Waals surface area contributed by atoms with Crippen molar-refractivity contribution in [3.63, 3.8) is 0 Å². The second-order valence-electron chi connectivity index (χ2n) is 4.36. The fourth-order valence-corrected chi connectivity index (χ4v) is 1.57. The lowest BCUT2D eigenvalue weighted by Crippen LogP contribution is -2.33. The molecule has 0 saturated carbocycles. The van der Waals surface area contributed by atoms with E-state index in [0.29, 0.717) is 12.3 Å². The predicted octanol–water partition coefficient (Wildman–Crippen LogP) is 0.322. The highest BCUT2D eigenvalue weighted by molar-refractivity contribution is 6.62. The number of H-pyrrole nitrogens is 1. The average Bonchev–Trinajstić information content (AvgIpc) is 2.83. The van der Waals surface area contributed by atoms with E-state index in [2.05, 4.69) is 9.72 Å². The van der Waals surface area contributed by atoms with E-state index in [0.717, 1.165) is 5.46 Å². The summed E-state index contributed by atoms with van der Waals surface area (Å²) in [5, 5.41) is 0. The maximum atomic E-state index is 11.2. The Labute approximate surface area is 94.2 Å². The molecule has 1 saturated heterocycles. The molecule has 1 fully saturated rings. The molecule has 2 heterocycles. The third-order valence-corrected chi connectivity index (χ3v) is 2.39. The van der Waals surface area contributed by atoms with Gasteiger partial charge >= 0.3 is 13.1 Å². The lowest BCUT2D eigenvalue weighted by Gasteiger charge is -2.14. The van der Waals surface area contributed by atoms with Gasteiger partial charge in [0, 0.05) is 11.7 Å². The van der Waals surface area contributed by atoms with Gasteiger partial charge in [-0.1, -0.05) is 0 Å². The van der Waals surface area contributed by atoms with Crippen LogP contribution in [0, 0.1) is 0 Å². The number of aromatic nitrogens is 1. The van der Waals surface area contributed by atoms with Crippen molar-refractivity contribution in [2.24, 2.45) is 0 Å². The van der Waals surface area contributed by atoms with Gasteiger partial charge in [-0.15, -0.1) is 0 Å². The number of hydrogen-bond acceptors (Lipinski definition) is 4. The molecular weight excluding hydrogens is 209 g/mol. The lowest BCUT2D eigenvalue weighted by molar-refractivity contribution is 0.0595. The number of nitrogens with one attached hydrogen (secondary N) is 1. The molecule has 0 aliphatic carbocycles. The van der Waals surface area contributed by atoms with E-state index in [9.17, 15) is 4.79 Å². The van der Waals surface area contributed by atoms with E-state index >= 15 is 0 Å². The molecular formula is C10H14BNO4. The molecule has 1 aromatic heterocycles. The fraction of sp³-hybridized carbons (Fsp3) is 0.500. The summed E-state index contributed by atoms with van der Waals surface area (Å²) in [7, 11) is 0.929. The summed E-state index contributed by atoms with van der Waals surface area (Å²) in [4.78, 5) is 14.1. The minimum Gasteiger partial charge on any atom is -0.464 e. The van der Waals surface area contributed by atoms with E-state index in [1.165, 1.54) is 7.11 Å². The van der Waals surface area contributed by atoms with Crippen molar-refractivity contribution < 1.29 is 18.8 Å². The highest BCUT2D eigenvalue weighted by Crippen LogP contribution is 2.19. The van der Waals surface area contributed by atoms with E-state index in [1.807, 2.05) is 13.8 Å². The van der Waals surface area contributed by atoms with Crippen LogP contribution in [0.15, 0.2) is 12.3 Å². The summed E-state index contributed by atoms with van der Waals surface area (Å²) in [6.07, 6.45) is 1.69. The minimum absolute atomic E-state index is 0.284. The van der Waals surface area contributed by atoms with Crippen LogP contribution >= 0.6 is 0 Å². The van der Waals surface area contributed by atoms with Crippen LogP contribution in [0.4, 0.5) is 0 Å². The standard InChI is InChI=1S/C10H14BNO4/c1-10(2)6-15-11(16-10)7-4-8(12-5-7)9(13)14-3/h4-5,12H,6H2,1-3H3. The van der Waals surface area contributed by atoms with Gasteiger partial charge in [0.2, 0.25) is 0 Å². The zero-order chi connectivity index (χ0) is 11.8. The quantitative estimate of drug-likeness (QED) is 0.579. The summed E-state index contributed by atoms with van der Waals surface area (Å²) < 4.78 is 15.8. The average molecular weight is 223 g/mol. The van der Waals surface area contributed by atoms with E-state index in [4.69, 9.17) is 9.31 Å². The van der Waals surface area contributed by atoms with Crippen LogP contribution in [-0.2, 0) is 14.0 Å². The van der Waals surface area contributed by atoms with Crippen molar-refractivity contribution in [2.45, 2.75) is 19.4 Å². The Balaban J connectivity index is 2.11. The predicted molar refractivity (Wildman–Crippen MR) is 58.6 cm³/mol. The number of rotatable bonds is 2. The highest BCUT2D eigenvalue weighted by Gasteiger charge is 2.38. The zero-order valence-corrected chi connectivity index (χ0v) is 9.57. The molecule has 0 radical (unpaired) electrons. The van der Waals surface area contributed by atoms with Crippen molar-refractivity contribution in [3.8, 4) is 0 Å². The van der Waals surface area contributed by atoms with Gasteiger partial charge in [0.25, 0.3) is 0 Å². The van der Waals surface area contributed by atoms with Crippen molar-refractivity contribution >= 4 is 18.6 Å². The van der Waals surface area contributed by atoms with Gasteiger partial charge in [-0.05, 0) is 19.9 Å². The SMILES string of the molecule is COC(=O)c1cc(B2OCC(C)(C)O2)c[nH]1. The summed E-state index contributed by atoms with van der Waals surface area (Å²) >= 11 is 0. The molecule has 5 nitrogen and oxygen atoms in total. The van der Waals surface area contributed by atoms with Crippen molar-refractivity contribution in [2.75, 3.05) is 13.7 Å². The smallest absolute Gasteiger partial charge is 0.464 e. The fourth-order valence-electron chi connectivity index (χ4n) is 1.57. The van der Waals surface area contributed by atoms with Crippen LogP contribution < -0.4 is 5.46 Å². The third-order valence-electron chi connectivity index (χ3n) is 2.39. The van der Waals surface area contributed by atoms with Crippen LogP contribution in [0.2, 0.25) is 0 Å². The number of carbonyl (C=O) groups excluding carboxylic acids is 1. The second-order valence-corrected chi connectivity index (χ2v) is 4.36. The molecule has 1 N–H and O–H groups in total. The maximum Gasteiger partial charge on any atom is 0.496 e. The van der Waals surface area contributed by atoms with Crippen LogP contribution in [0.5, 0.6) is 0 Å². The molecule has 1 aromatic rings. The molecule has 0 spiro atoms. The molecule has 0 unspecified atom stereocenters. The van der Waals surface area contributed by atoms with Crippen LogP contribution in [0.3, 0.4) is 0 Å². The number of hydrogen-bond donors (Lipinski definition) is 1. The molecule has 2 rings (SSSR count). The van der Waals surface area contributed by atoms with Crippen LogP contribution in [-0.4, -0.2) is 37.4 Å². The molecule has 0 aromatic carbocycles. The second kappa shape index (κ2) is 3.95. The zero-order valence-electron chi connectivity index (χ0n) is 9.57. The van der Waals surface area contributed by atoms with E-state index < -0.39 is 13.1 Å². The Hall–Kier alpha value is -1.27. The monoisotopic (exact) mass is 223 g/mol. The van der Waals surface area contributed by atoms with Crippen molar-refractivity contribution in [1.82, 2.24) is 4.98 Å². The van der Waals surface area contributed by atoms with Gasteiger partial charge in [0.15, 0.2) is 0 Å². The van der Waals surface area contributed by atoms with Gasteiger partial charge in [0.1, 0.15) is 5.69 Å². The molecule has 16 heavy (non-hydrogen) atoms. The Kier molecular flexibility index (Phi) is 2.77. The minimum atomic E-state index is -0.412. The van der Waals surface area contributed by atoms with Gasteiger partial charge in [0.05, 0.1) is 19.3 Å².